The zero-order chi connectivity index (χ0) is 15.6. The van der Waals surface area contributed by atoms with Crippen LogP contribution in [0.15, 0.2) is 18.2 Å². The molecule has 0 saturated carbocycles. The van der Waals surface area contributed by atoms with Gasteiger partial charge in [-0.3, -0.25) is 0 Å². The van der Waals surface area contributed by atoms with Crippen LogP contribution in [-0.2, 0) is 4.79 Å². The minimum atomic E-state index is -1.02. The maximum Gasteiger partial charge on any atom is 0.326 e. The standard InChI is InChI=1S/C14H17FN2O4/c1-8-5-6-17(12(8)13(18)19)14(20)16-9-3-4-10(15)11(7-9)21-2/h3-4,7-8,12H,5-6H2,1-2H3,(H,16,20)(H,18,19). The highest BCUT2D eigenvalue weighted by molar-refractivity contribution is 5.93. The van der Waals surface area contributed by atoms with Crippen molar-refractivity contribution in [3.8, 4) is 5.75 Å². The van der Waals surface area contributed by atoms with Gasteiger partial charge in [-0.15, -0.1) is 0 Å². The number of benzene rings is 1. The lowest BCUT2D eigenvalue weighted by atomic mass is 10.0. The lowest BCUT2D eigenvalue weighted by molar-refractivity contribution is -0.142. The minimum absolute atomic E-state index is 0.0115. The van der Waals surface area contributed by atoms with E-state index in [1.165, 1.54) is 30.2 Å². The summed E-state index contributed by atoms with van der Waals surface area (Å²) in [5.74, 6) is -1.64. The quantitative estimate of drug-likeness (QED) is 0.896. The molecule has 2 amide bonds. The molecule has 114 valence electrons. The Hall–Kier alpha value is -2.31. The first-order valence-electron chi connectivity index (χ1n) is 6.58. The number of urea groups is 1. The number of aliphatic carboxylic acids is 1. The van der Waals surface area contributed by atoms with Crippen LogP contribution in [0.1, 0.15) is 13.3 Å². The molecular weight excluding hydrogens is 279 g/mol. The summed E-state index contributed by atoms with van der Waals surface area (Å²) < 4.78 is 18.1. The van der Waals surface area contributed by atoms with Gasteiger partial charge in [0.15, 0.2) is 11.6 Å². The van der Waals surface area contributed by atoms with E-state index in [9.17, 15) is 19.1 Å². The van der Waals surface area contributed by atoms with Crippen molar-refractivity contribution < 1.29 is 23.8 Å². The minimum Gasteiger partial charge on any atom is -0.494 e. The fraction of sp³-hybridized carbons (Fsp3) is 0.429. The highest BCUT2D eigenvalue weighted by Crippen LogP contribution is 2.26. The van der Waals surface area contributed by atoms with Gasteiger partial charge in [0, 0.05) is 18.3 Å². The van der Waals surface area contributed by atoms with E-state index in [4.69, 9.17) is 4.74 Å². The van der Waals surface area contributed by atoms with Crippen molar-refractivity contribution in [3.63, 3.8) is 0 Å². The summed E-state index contributed by atoms with van der Waals surface area (Å²) in [5.41, 5.74) is 0.349. The third-order valence-electron chi connectivity index (χ3n) is 3.62. The van der Waals surface area contributed by atoms with Gasteiger partial charge >= 0.3 is 12.0 Å². The van der Waals surface area contributed by atoms with Crippen LogP contribution in [0.5, 0.6) is 5.75 Å². The van der Waals surface area contributed by atoms with Crippen LogP contribution < -0.4 is 10.1 Å². The number of carbonyl (C=O) groups is 2. The molecular formula is C14H17FN2O4. The third-order valence-corrected chi connectivity index (χ3v) is 3.62. The summed E-state index contributed by atoms with van der Waals surface area (Å²) >= 11 is 0. The van der Waals surface area contributed by atoms with Gasteiger partial charge in [-0.25, -0.2) is 14.0 Å². The fourth-order valence-corrected chi connectivity index (χ4v) is 2.48. The van der Waals surface area contributed by atoms with Crippen LogP contribution in [0.25, 0.3) is 0 Å². The third kappa shape index (κ3) is 3.07. The number of anilines is 1. The number of likely N-dealkylation sites (tertiary alicyclic amines) is 1. The molecule has 0 aliphatic carbocycles. The molecule has 2 N–H and O–H groups in total. The normalized spacial score (nSPS) is 21.2. The largest absolute Gasteiger partial charge is 0.494 e. The summed E-state index contributed by atoms with van der Waals surface area (Å²) in [4.78, 5) is 24.7. The first kappa shape index (κ1) is 15.1. The van der Waals surface area contributed by atoms with Gasteiger partial charge in [0.1, 0.15) is 6.04 Å². The SMILES string of the molecule is COc1cc(NC(=O)N2CCC(C)C2C(=O)O)ccc1F. The van der Waals surface area contributed by atoms with Crippen LogP contribution in [-0.4, -0.2) is 41.7 Å². The van der Waals surface area contributed by atoms with E-state index in [1.54, 1.807) is 6.92 Å². The Balaban J connectivity index is 2.13. The van der Waals surface area contributed by atoms with Crippen LogP contribution in [0.2, 0.25) is 0 Å². The van der Waals surface area contributed by atoms with Gasteiger partial charge in [0.25, 0.3) is 0 Å². The van der Waals surface area contributed by atoms with E-state index in [0.29, 0.717) is 18.7 Å². The molecule has 21 heavy (non-hydrogen) atoms. The maximum atomic E-state index is 13.3. The highest BCUT2D eigenvalue weighted by Gasteiger charge is 2.39. The molecule has 1 aromatic carbocycles. The van der Waals surface area contributed by atoms with Crippen molar-refractivity contribution in [1.29, 1.82) is 0 Å². The number of ether oxygens (including phenoxy) is 1. The van der Waals surface area contributed by atoms with E-state index in [2.05, 4.69) is 5.32 Å². The first-order chi connectivity index (χ1) is 9.93. The van der Waals surface area contributed by atoms with Crippen molar-refractivity contribution >= 4 is 17.7 Å². The molecule has 1 fully saturated rings. The van der Waals surface area contributed by atoms with Gasteiger partial charge in [-0.1, -0.05) is 6.92 Å². The molecule has 2 unspecified atom stereocenters. The lowest BCUT2D eigenvalue weighted by Crippen LogP contribution is -2.44. The Morgan fingerprint density at radius 1 is 1.48 bits per heavy atom. The summed E-state index contributed by atoms with van der Waals surface area (Å²) in [7, 11) is 1.33. The lowest BCUT2D eigenvalue weighted by Gasteiger charge is -2.23. The number of carboxylic acid groups (broad SMARTS) is 1. The predicted molar refractivity (Wildman–Crippen MR) is 73.9 cm³/mol. The Bertz CT molecular complexity index is 564. The number of halogens is 1. The van der Waals surface area contributed by atoms with Crippen molar-refractivity contribution in [2.75, 3.05) is 19.0 Å². The van der Waals surface area contributed by atoms with Gasteiger partial charge in [0.05, 0.1) is 7.11 Å². The van der Waals surface area contributed by atoms with Crippen molar-refractivity contribution in [2.24, 2.45) is 5.92 Å². The molecule has 1 aromatic rings. The topological polar surface area (TPSA) is 78.9 Å². The summed E-state index contributed by atoms with van der Waals surface area (Å²) in [6, 6.07) is 2.57. The van der Waals surface area contributed by atoms with E-state index in [-0.39, 0.29) is 11.7 Å². The van der Waals surface area contributed by atoms with E-state index < -0.39 is 23.9 Å². The number of nitrogens with zero attached hydrogens (tertiary/aromatic N) is 1. The van der Waals surface area contributed by atoms with E-state index in [0.717, 1.165) is 0 Å². The van der Waals surface area contributed by atoms with E-state index in [1.807, 2.05) is 0 Å². The molecule has 2 atom stereocenters. The molecule has 1 aliphatic heterocycles. The summed E-state index contributed by atoms with van der Waals surface area (Å²) in [6.07, 6.45) is 0.636. The number of hydrogen-bond acceptors (Lipinski definition) is 3. The van der Waals surface area contributed by atoms with Crippen LogP contribution in [0.3, 0.4) is 0 Å². The van der Waals surface area contributed by atoms with Crippen LogP contribution >= 0.6 is 0 Å². The van der Waals surface area contributed by atoms with Gasteiger partial charge in [-0.05, 0) is 24.5 Å². The average molecular weight is 296 g/mol. The van der Waals surface area contributed by atoms with Crippen molar-refractivity contribution in [1.82, 2.24) is 4.90 Å². The number of methoxy groups -OCH3 is 1. The number of hydrogen-bond donors (Lipinski definition) is 2. The Morgan fingerprint density at radius 2 is 2.19 bits per heavy atom. The zero-order valence-electron chi connectivity index (χ0n) is 11.8. The highest BCUT2D eigenvalue weighted by atomic mass is 19.1. The van der Waals surface area contributed by atoms with Gasteiger partial charge < -0.3 is 20.1 Å². The number of carbonyl (C=O) groups excluding carboxylic acids is 1. The second-order valence-corrected chi connectivity index (χ2v) is 5.02. The molecule has 0 aromatic heterocycles. The van der Waals surface area contributed by atoms with Gasteiger partial charge in [0.2, 0.25) is 0 Å². The predicted octanol–water partition coefficient (Wildman–Crippen LogP) is 2.16. The second-order valence-electron chi connectivity index (χ2n) is 5.02. The van der Waals surface area contributed by atoms with Crippen LogP contribution in [0.4, 0.5) is 14.9 Å². The molecule has 1 aliphatic rings. The monoisotopic (exact) mass is 296 g/mol. The van der Waals surface area contributed by atoms with Crippen molar-refractivity contribution in [3.05, 3.63) is 24.0 Å². The molecule has 0 radical (unpaired) electrons. The average Bonchev–Trinajstić information content (AvgIpc) is 2.83. The maximum absolute atomic E-state index is 13.3. The fourth-order valence-electron chi connectivity index (χ4n) is 2.48. The number of carboxylic acids is 1. The molecule has 7 heteroatoms. The first-order valence-corrected chi connectivity index (χ1v) is 6.58. The second kappa shape index (κ2) is 5.99. The molecule has 2 rings (SSSR count). The van der Waals surface area contributed by atoms with E-state index >= 15 is 0 Å². The van der Waals surface area contributed by atoms with Crippen molar-refractivity contribution in [2.45, 2.75) is 19.4 Å². The van der Waals surface area contributed by atoms with Gasteiger partial charge in [-0.2, -0.15) is 0 Å². The Kier molecular flexibility index (Phi) is 4.30. The summed E-state index contributed by atoms with van der Waals surface area (Å²) in [5, 5.41) is 11.8. The Labute approximate surface area is 121 Å². The summed E-state index contributed by atoms with van der Waals surface area (Å²) in [6.45, 7) is 2.18. The van der Waals surface area contributed by atoms with Crippen LogP contribution in [0, 0.1) is 11.7 Å². The Morgan fingerprint density at radius 3 is 2.81 bits per heavy atom. The number of nitrogens with one attached hydrogen (secondary N) is 1. The smallest absolute Gasteiger partial charge is 0.326 e. The zero-order valence-corrected chi connectivity index (χ0v) is 11.8. The molecule has 0 bridgehead atoms. The molecule has 0 spiro atoms. The molecule has 1 saturated heterocycles. The number of amides is 2. The number of rotatable bonds is 3. The molecule has 6 nitrogen and oxygen atoms in total. The molecule has 1 heterocycles.